The van der Waals surface area contributed by atoms with Gasteiger partial charge in [-0.25, -0.2) is 8.78 Å². The number of alkyl halides is 2. The zero-order valence-corrected chi connectivity index (χ0v) is 8.48. The third kappa shape index (κ3) is 2.46. The van der Waals surface area contributed by atoms with Gasteiger partial charge in [0, 0.05) is 11.1 Å². The van der Waals surface area contributed by atoms with Crippen molar-refractivity contribution >= 4 is 5.97 Å². The molecule has 0 aliphatic carbocycles. The number of benzene rings is 1. The molecule has 0 fully saturated rings. The molecule has 3 N–H and O–H groups in total. The van der Waals surface area contributed by atoms with Crippen molar-refractivity contribution in [2.45, 2.75) is 12.5 Å². The summed E-state index contributed by atoms with van der Waals surface area (Å²) in [4.78, 5) is 10.7. The number of hydrogen-bond acceptors (Lipinski definition) is 3. The second-order valence-electron chi connectivity index (χ2n) is 3.12. The highest BCUT2D eigenvalue weighted by molar-refractivity contribution is 5.76. The van der Waals surface area contributed by atoms with Crippen LogP contribution >= 0.6 is 0 Å². The molecule has 0 aromatic heterocycles. The lowest BCUT2D eigenvalue weighted by molar-refractivity contribution is -0.138. The van der Waals surface area contributed by atoms with E-state index in [2.05, 4.69) is 0 Å². The van der Waals surface area contributed by atoms with Crippen molar-refractivity contribution in [3.63, 3.8) is 0 Å². The molecule has 0 spiro atoms. The third-order valence-electron chi connectivity index (χ3n) is 2.11. The van der Waals surface area contributed by atoms with Crippen LogP contribution in [0.2, 0.25) is 0 Å². The van der Waals surface area contributed by atoms with Crippen molar-refractivity contribution in [1.29, 1.82) is 0 Å². The molecule has 16 heavy (non-hydrogen) atoms. The fourth-order valence-corrected chi connectivity index (χ4v) is 1.25. The van der Waals surface area contributed by atoms with Gasteiger partial charge in [-0.2, -0.15) is 0 Å². The Bertz CT molecular complexity index is 396. The second kappa shape index (κ2) is 4.89. The minimum atomic E-state index is -2.64. The Morgan fingerprint density at radius 3 is 2.56 bits per heavy atom. The molecule has 1 atom stereocenters. The van der Waals surface area contributed by atoms with Crippen LogP contribution in [0.3, 0.4) is 0 Å². The van der Waals surface area contributed by atoms with E-state index in [-0.39, 0.29) is 16.9 Å². The summed E-state index contributed by atoms with van der Waals surface area (Å²) in [6.07, 6.45) is -2.64. The molecule has 0 aliphatic rings. The van der Waals surface area contributed by atoms with Crippen LogP contribution in [0.4, 0.5) is 8.78 Å². The van der Waals surface area contributed by atoms with E-state index in [0.29, 0.717) is 0 Å². The minimum Gasteiger partial charge on any atom is -0.496 e. The lowest BCUT2D eigenvalue weighted by atomic mass is 10.0. The zero-order valence-electron chi connectivity index (χ0n) is 8.48. The van der Waals surface area contributed by atoms with E-state index >= 15 is 0 Å². The number of carboxylic acids is 1. The molecular formula is C10H11F2NO3. The monoisotopic (exact) mass is 231 g/mol. The van der Waals surface area contributed by atoms with E-state index in [1.54, 1.807) is 0 Å². The molecule has 0 aliphatic heterocycles. The van der Waals surface area contributed by atoms with Crippen molar-refractivity contribution < 1.29 is 23.4 Å². The Morgan fingerprint density at radius 1 is 1.50 bits per heavy atom. The number of carboxylic acid groups (broad SMARTS) is 1. The number of hydrogen-bond donors (Lipinski definition) is 2. The van der Waals surface area contributed by atoms with E-state index < -0.39 is 18.4 Å². The van der Waals surface area contributed by atoms with Crippen LogP contribution in [0.1, 0.15) is 23.6 Å². The molecule has 1 unspecified atom stereocenters. The molecule has 4 nitrogen and oxygen atoms in total. The molecule has 0 heterocycles. The number of aliphatic carboxylic acids is 1. The molecular weight excluding hydrogens is 220 g/mol. The van der Waals surface area contributed by atoms with Gasteiger partial charge in [-0.05, 0) is 6.07 Å². The maximum Gasteiger partial charge on any atom is 0.325 e. The topological polar surface area (TPSA) is 72.5 Å². The van der Waals surface area contributed by atoms with Crippen molar-refractivity contribution in [1.82, 2.24) is 0 Å². The van der Waals surface area contributed by atoms with Crippen molar-refractivity contribution in [3.05, 3.63) is 29.3 Å². The molecule has 0 amide bonds. The summed E-state index contributed by atoms with van der Waals surface area (Å²) in [5.74, 6) is -1.20. The van der Waals surface area contributed by atoms with Crippen LogP contribution in [0.15, 0.2) is 18.2 Å². The summed E-state index contributed by atoms with van der Waals surface area (Å²) >= 11 is 0. The first-order chi connectivity index (χ1) is 7.47. The average molecular weight is 231 g/mol. The standard InChI is InChI=1S/C10H11F2NO3/c1-16-7-4-5(9(11)12)2-3-6(7)8(13)10(14)15/h2-4,8-9H,13H2,1H3,(H,14,15). The van der Waals surface area contributed by atoms with Gasteiger partial charge >= 0.3 is 5.97 Å². The van der Waals surface area contributed by atoms with Gasteiger partial charge in [-0.15, -0.1) is 0 Å². The molecule has 1 rings (SSSR count). The highest BCUT2D eigenvalue weighted by Gasteiger charge is 2.20. The summed E-state index contributed by atoms with van der Waals surface area (Å²) < 4.78 is 29.6. The molecule has 1 aromatic carbocycles. The highest BCUT2D eigenvalue weighted by atomic mass is 19.3. The van der Waals surface area contributed by atoms with Crippen LogP contribution in [0.5, 0.6) is 5.75 Å². The van der Waals surface area contributed by atoms with Gasteiger partial charge in [-0.1, -0.05) is 12.1 Å². The summed E-state index contributed by atoms with van der Waals surface area (Å²) in [5, 5.41) is 8.71. The van der Waals surface area contributed by atoms with E-state index in [1.807, 2.05) is 0 Å². The summed E-state index contributed by atoms with van der Waals surface area (Å²) in [5.41, 5.74) is 5.30. The number of rotatable bonds is 4. The maximum absolute atomic E-state index is 12.4. The van der Waals surface area contributed by atoms with Gasteiger partial charge in [0.1, 0.15) is 11.8 Å². The quantitative estimate of drug-likeness (QED) is 0.827. The lowest BCUT2D eigenvalue weighted by Crippen LogP contribution is -2.21. The second-order valence-corrected chi connectivity index (χ2v) is 3.12. The van der Waals surface area contributed by atoms with Gasteiger partial charge in [-0.3, -0.25) is 4.79 Å². The Kier molecular flexibility index (Phi) is 3.78. The lowest BCUT2D eigenvalue weighted by Gasteiger charge is -2.13. The van der Waals surface area contributed by atoms with Crippen LogP contribution < -0.4 is 10.5 Å². The van der Waals surface area contributed by atoms with Crippen LogP contribution in [-0.4, -0.2) is 18.2 Å². The van der Waals surface area contributed by atoms with E-state index in [0.717, 1.165) is 12.1 Å². The first kappa shape index (κ1) is 12.4. The predicted octanol–water partition coefficient (Wildman–Crippen LogP) is 1.72. The number of methoxy groups -OCH3 is 1. The highest BCUT2D eigenvalue weighted by Crippen LogP contribution is 2.29. The summed E-state index contributed by atoms with van der Waals surface area (Å²) in [7, 11) is 1.27. The molecule has 0 saturated heterocycles. The van der Waals surface area contributed by atoms with Crippen molar-refractivity contribution in [2.24, 2.45) is 5.73 Å². The average Bonchev–Trinajstić information content (AvgIpc) is 2.26. The van der Waals surface area contributed by atoms with Gasteiger partial charge in [0.15, 0.2) is 0 Å². The van der Waals surface area contributed by atoms with Crippen molar-refractivity contribution in [3.8, 4) is 5.75 Å². The van der Waals surface area contributed by atoms with E-state index in [1.165, 1.54) is 13.2 Å². The molecule has 6 heteroatoms. The number of ether oxygens (including phenoxy) is 1. The first-order valence-corrected chi connectivity index (χ1v) is 4.41. The fourth-order valence-electron chi connectivity index (χ4n) is 1.25. The third-order valence-corrected chi connectivity index (χ3v) is 2.11. The Labute approximate surface area is 90.6 Å². The number of halogens is 2. The summed E-state index contributed by atoms with van der Waals surface area (Å²) in [6.45, 7) is 0. The van der Waals surface area contributed by atoms with Crippen molar-refractivity contribution in [2.75, 3.05) is 7.11 Å². The largest absolute Gasteiger partial charge is 0.496 e. The maximum atomic E-state index is 12.4. The molecule has 1 aromatic rings. The number of carbonyl (C=O) groups is 1. The molecule has 0 radical (unpaired) electrons. The molecule has 0 saturated carbocycles. The predicted molar refractivity (Wildman–Crippen MR) is 52.5 cm³/mol. The van der Waals surface area contributed by atoms with Crippen LogP contribution in [0.25, 0.3) is 0 Å². The molecule has 0 bridgehead atoms. The van der Waals surface area contributed by atoms with Gasteiger partial charge < -0.3 is 15.6 Å². The smallest absolute Gasteiger partial charge is 0.325 e. The Balaban J connectivity index is 3.16. The van der Waals surface area contributed by atoms with Crippen LogP contribution in [-0.2, 0) is 4.79 Å². The Hall–Kier alpha value is -1.69. The fraction of sp³-hybridized carbons (Fsp3) is 0.300. The van der Waals surface area contributed by atoms with Gasteiger partial charge in [0.25, 0.3) is 6.43 Å². The summed E-state index contributed by atoms with van der Waals surface area (Å²) in [6, 6.07) is 2.16. The Morgan fingerprint density at radius 2 is 2.12 bits per heavy atom. The first-order valence-electron chi connectivity index (χ1n) is 4.41. The van der Waals surface area contributed by atoms with Crippen LogP contribution in [0, 0.1) is 0 Å². The van der Waals surface area contributed by atoms with E-state index in [9.17, 15) is 13.6 Å². The SMILES string of the molecule is COc1cc(C(F)F)ccc1C(N)C(=O)O. The zero-order chi connectivity index (χ0) is 12.3. The minimum absolute atomic E-state index is 0.0488. The van der Waals surface area contributed by atoms with E-state index in [4.69, 9.17) is 15.6 Å². The van der Waals surface area contributed by atoms with Gasteiger partial charge in [0.2, 0.25) is 0 Å². The van der Waals surface area contributed by atoms with Gasteiger partial charge in [0.05, 0.1) is 7.11 Å². The normalized spacial score (nSPS) is 12.6. The molecule has 88 valence electrons. The number of nitrogens with two attached hydrogens (primary N) is 1.